The van der Waals surface area contributed by atoms with Gasteiger partial charge < -0.3 is 5.32 Å². The van der Waals surface area contributed by atoms with Crippen molar-refractivity contribution < 1.29 is 4.79 Å². The Morgan fingerprint density at radius 1 is 1.24 bits per heavy atom. The fourth-order valence-electron chi connectivity index (χ4n) is 2.02. The lowest BCUT2D eigenvalue weighted by molar-refractivity contribution is -0.115. The number of anilines is 1. The van der Waals surface area contributed by atoms with Gasteiger partial charge in [0, 0.05) is 10.9 Å². The second kappa shape index (κ2) is 5.95. The van der Waals surface area contributed by atoms with Crippen molar-refractivity contribution in [3.63, 3.8) is 0 Å². The zero-order valence-corrected chi connectivity index (χ0v) is 13.7. The zero-order chi connectivity index (χ0) is 14.8. The highest BCUT2D eigenvalue weighted by atomic mass is 79.9. The number of carbonyl (C=O) groups is 1. The Morgan fingerprint density at radius 2 is 2.00 bits per heavy atom. The Kier molecular flexibility index (Phi) is 4.03. The monoisotopic (exact) mass is 360 g/mol. The van der Waals surface area contributed by atoms with Crippen molar-refractivity contribution in [2.24, 2.45) is 0 Å². The molecule has 1 heterocycles. The molecule has 1 aromatic heterocycles. The Morgan fingerprint density at radius 3 is 2.76 bits per heavy atom. The van der Waals surface area contributed by atoms with Gasteiger partial charge in [0.1, 0.15) is 0 Å². The first-order valence-electron chi connectivity index (χ1n) is 6.53. The summed E-state index contributed by atoms with van der Waals surface area (Å²) in [4.78, 5) is 15.9. The van der Waals surface area contributed by atoms with Gasteiger partial charge in [-0.25, -0.2) is 4.98 Å². The highest BCUT2D eigenvalue weighted by Crippen LogP contribution is 2.27. The minimum Gasteiger partial charge on any atom is -0.301 e. The van der Waals surface area contributed by atoms with Crippen molar-refractivity contribution in [3.8, 4) is 11.3 Å². The lowest BCUT2D eigenvalue weighted by Gasteiger charge is -2.03. The summed E-state index contributed by atoms with van der Waals surface area (Å²) < 4.78 is 0. The maximum Gasteiger partial charge on any atom is 0.239 e. The molecule has 0 bridgehead atoms. The Balaban J connectivity index is 1.89. The molecule has 0 aliphatic heterocycles. The maximum atomic E-state index is 11.6. The number of alkyl halides is 1. The highest BCUT2D eigenvalue weighted by Gasteiger charge is 2.12. The summed E-state index contributed by atoms with van der Waals surface area (Å²) >= 11 is 4.67. The van der Waals surface area contributed by atoms with Crippen LogP contribution in [0.2, 0.25) is 0 Å². The van der Waals surface area contributed by atoms with E-state index >= 15 is 0 Å². The van der Waals surface area contributed by atoms with E-state index in [4.69, 9.17) is 0 Å². The molecule has 0 aliphatic rings. The molecule has 3 aromatic rings. The van der Waals surface area contributed by atoms with E-state index in [1.165, 1.54) is 22.1 Å². The summed E-state index contributed by atoms with van der Waals surface area (Å²) in [5, 5.41) is 7.76. The van der Waals surface area contributed by atoms with E-state index in [1.54, 1.807) is 6.92 Å². The second-order valence-corrected chi connectivity index (χ2v) is 6.94. The van der Waals surface area contributed by atoms with Gasteiger partial charge in [-0.2, -0.15) is 0 Å². The van der Waals surface area contributed by atoms with Gasteiger partial charge in [-0.1, -0.05) is 52.3 Å². The quantitative estimate of drug-likeness (QED) is 0.688. The molecule has 0 saturated carbocycles. The molecule has 0 saturated heterocycles. The number of halogens is 1. The number of hydrogen-bond donors (Lipinski definition) is 1. The third-order valence-corrected chi connectivity index (χ3v) is 4.31. The molecule has 0 radical (unpaired) electrons. The Labute approximate surface area is 135 Å². The van der Waals surface area contributed by atoms with Crippen LogP contribution in [0.3, 0.4) is 0 Å². The zero-order valence-electron chi connectivity index (χ0n) is 11.3. The van der Waals surface area contributed by atoms with Gasteiger partial charge in [0.25, 0.3) is 0 Å². The van der Waals surface area contributed by atoms with Crippen molar-refractivity contribution in [1.82, 2.24) is 4.98 Å². The van der Waals surface area contributed by atoms with Crippen LogP contribution in [-0.4, -0.2) is 15.7 Å². The van der Waals surface area contributed by atoms with Gasteiger partial charge in [0.05, 0.1) is 10.5 Å². The van der Waals surface area contributed by atoms with Crippen LogP contribution in [0.5, 0.6) is 0 Å². The summed E-state index contributed by atoms with van der Waals surface area (Å²) in [7, 11) is 0. The molecular formula is C16H13BrN2OS. The SMILES string of the molecule is CC(Br)C(=O)Nc1nc(-c2ccc3ccccc3c2)cs1. The fourth-order valence-corrected chi connectivity index (χ4v) is 2.85. The standard InChI is InChI=1S/C16H13BrN2OS/c1-10(17)15(20)19-16-18-14(9-21-16)13-7-6-11-4-2-3-5-12(11)8-13/h2-10H,1H3,(H,18,19,20). The minimum absolute atomic E-state index is 0.0885. The number of aromatic nitrogens is 1. The molecule has 1 amide bonds. The summed E-state index contributed by atoms with van der Waals surface area (Å²) in [5.74, 6) is -0.0885. The van der Waals surface area contributed by atoms with Crippen LogP contribution in [-0.2, 0) is 4.79 Å². The number of amides is 1. The van der Waals surface area contributed by atoms with Gasteiger partial charge >= 0.3 is 0 Å². The number of nitrogens with zero attached hydrogens (tertiary/aromatic N) is 1. The number of hydrogen-bond acceptors (Lipinski definition) is 3. The average Bonchev–Trinajstić information content (AvgIpc) is 2.95. The number of nitrogens with one attached hydrogen (secondary N) is 1. The molecule has 3 rings (SSSR count). The van der Waals surface area contributed by atoms with Crippen molar-refractivity contribution in [2.75, 3.05) is 5.32 Å². The normalized spacial score (nSPS) is 12.3. The lowest BCUT2D eigenvalue weighted by Crippen LogP contribution is -2.19. The van der Waals surface area contributed by atoms with Crippen molar-refractivity contribution >= 4 is 49.1 Å². The smallest absolute Gasteiger partial charge is 0.239 e. The number of benzene rings is 2. The molecule has 21 heavy (non-hydrogen) atoms. The molecule has 1 unspecified atom stereocenters. The van der Waals surface area contributed by atoms with Crippen LogP contribution in [0.25, 0.3) is 22.0 Å². The first-order chi connectivity index (χ1) is 10.1. The van der Waals surface area contributed by atoms with E-state index in [1.807, 2.05) is 17.5 Å². The third-order valence-electron chi connectivity index (χ3n) is 3.14. The van der Waals surface area contributed by atoms with Gasteiger partial charge in [-0.05, 0) is 23.8 Å². The van der Waals surface area contributed by atoms with Crippen LogP contribution < -0.4 is 5.32 Å². The van der Waals surface area contributed by atoms with Gasteiger partial charge in [0.15, 0.2) is 5.13 Å². The maximum absolute atomic E-state index is 11.6. The molecule has 1 atom stereocenters. The summed E-state index contributed by atoms with van der Waals surface area (Å²) in [6, 6.07) is 14.5. The first-order valence-corrected chi connectivity index (χ1v) is 8.32. The van der Waals surface area contributed by atoms with E-state index in [9.17, 15) is 4.79 Å². The molecular weight excluding hydrogens is 348 g/mol. The summed E-state index contributed by atoms with van der Waals surface area (Å²) in [6.45, 7) is 1.78. The second-order valence-electron chi connectivity index (χ2n) is 4.71. The number of rotatable bonds is 3. The van der Waals surface area contributed by atoms with Gasteiger partial charge in [-0.15, -0.1) is 11.3 Å². The third kappa shape index (κ3) is 3.14. The van der Waals surface area contributed by atoms with Gasteiger partial charge in [-0.3, -0.25) is 4.79 Å². The van der Waals surface area contributed by atoms with Crippen molar-refractivity contribution in [3.05, 3.63) is 47.8 Å². The highest BCUT2D eigenvalue weighted by molar-refractivity contribution is 9.10. The van der Waals surface area contributed by atoms with Gasteiger partial charge in [0.2, 0.25) is 5.91 Å². The van der Waals surface area contributed by atoms with E-state index in [2.05, 4.69) is 56.6 Å². The molecule has 5 heteroatoms. The minimum atomic E-state index is -0.231. The molecule has 1 N–H and O–H groups in total. The van der Waals surface area contributed by atoms with E-state index in [0.29, 0.717) is 5.13 Å². The van der Waals surface area contributed by atoms with Crippen LogP contribution in [0, 0.1) is 0 Å². The van der Waals surface area contributed by atoms with E-state index < -0.39 is 0 Å². The van der Waals surface area contributed by atoms with Crippen LogP contribution in [0.1, 0.15) is 6.92 Å². The largest absolute Gasteiger partial charge is 0.301 e. The molecule has 3 nitrogen and oxygen atoms in total. The Bertz CT molecular complexity index is 798. The molecule has 0 fully saturated rings. The molecule has 0 aliphatic carbocycles. The molecule has 2 aromatic carbocycles. The van der Waals surface area contributed by atoms with Crippen LogP contribution in [0.15, 0.2) is 47.8 Å². The number of thiazole rings is 1. The number of carbonyl (C=O) groups excluding carboxylic acids is 1. The predicted octanol–water partition coefficient (Wildman–Crippen LogP) is 4.69. The fraction of sp³-hybridized carbons (Fsp3) is 0.125. The Hall–Kier alpha value is -1.72. The van der Waals surface area contributed by atoms with E-state index in [-0.39, 0.29) is 10.7 Å². The first kappa shape index (κ1) is 14.2. The number of fused-ring (bicyclic) bond motifs is 1. The summed E-state index contributed by atoms with van der Waals surface area (Å²) in [6.07, 6.45) is 0. The predicted molar refractivity (Wildman–Crippen MR) is 92.1 cm³/mol. The van der Waals surface area contributed by atoms with Crippen LogP contribution in [0.4, 0.5) is 5.13 Å². The molecule has 0 spiro atoms. The topological polar surface area (TPSA) is 42.0 Å². The average molecular weight is 361 g/mol. The van der Waals surface area contributed by atoms with Crippen LogP contribution >= 0.6 is 27.3 Å². The van der Waals surface area contributed by atoms with E-state index in [0.717, 1.165) is 11.3 Å². The lowest BCUT2D eigenvalue weighted by atomic mass is 10.1. The molecule has 106 valence electrons. The van der Waals surface area contributed by atoms with Crippen molar-refractivity contribution in [2.45, 2.75) is 11.8 Å². The van der Waals surface area contributed by atoms with Crippen molar-refractivity contribution in [1.29, 1.82) is 0 Å². The summed E-state index contributed by atoms with van der Waals surface area (Å²) in [5.41, 5.74) is 1.93.